The second-order valence-corrected chi connectivity index (χ2v) is 8.48. The molecule has 0 aromatic heterocycles. The van der Waals surface area contributed by atoms with E-state index in [9.17, 15) is 18.0 Å². The van der Waals surface area contributed by atoms with E-state index >= 15 is 0 Å². The topological polar surface area (TPSA) is 57.2 Å². The summed E-state index contributed by atoms with van der Waals surface area (Å²) in [6.07, 6.45) is 2.63. The zero-order chi connectivity index (χ0) is 24.9. The van der Waals surface area contributed by atoms with Crippen LogP contribution < -0.4 is 10.1 Å². The van der Waals surface area contributed by atoms with Crippen LogP contribution in [0, 0.1) is 0 Å². The molecule has 1 N–H and O–H groups in total. The van der Waals surface area contributed by atoms with Crippen molar-refractivity contribution in [2.24, 2.45) is 4.99 Å². The smallest absolute Gasteiger partial charge is 0.406 e. The van der Waals surface area contributed by atoms with E-state index in [2.05, 4.69) is 27.0 Å². The zero-order valence-corrected chi connectivity index (χ0v) is 19.9. The monoisotopic (exact) mass is 476 g/mol. The van der Waals surface area contributed by atoms with Crippen molar-refractivity contribution in [2.45, 2.75) is 39.1 Å². The van der Waals surface area contributed by atoms with Crippen LogP contribution in [0.4, 0.5) is 18.9 Å². The van der Waals surface area contributed by atoms with E-state index in [4.69, 9.17) is 0 Å². The van der Waals surface area contributed by atoms with Gasteiger partial charge in [0.05, 0.1) is 5.71 Å². The molecule has 2 aliphatic rings. The predicted octanol–water partition coefficient (Wildman–Crippen LogP) is 4.78. The molecular formula is C25H31F3N4O2. The van der Waals surface area contributed by atoms with Crippen LogP contribution in [0.15, 0.2) is 64.3 Å². The summed E-state index contributed by atoms with van der Waals surface area (Å²) in [6.45, 7) is 6.27. The number of hydrogen-bond donors (Lipinski definition) is 1. The Bertz CT molecular complexity index is 1000. The summed E-state index contributed by atoms with van der Waals surface area (Å²) in [5, 5.41) is 3.19. The van der Waals surface area contributed by atoms with Gasteiger partial charge in [-0.3, -0.25) is 9.79 Å². The van der Waals surface area contributed by atoms with Crippen molar-refractivity contribution in [1.29, 1.82) is 0 Å². The molecule has 6 nitrogen and oxygen atoms in total. The summed E-state index contributed by atoms with van der Waals surface area (Å²) in [4.78, 5) is 21.8. The third-order valence-corrected chi connectivity index (χ3v) is 5.95. The van der Waals surface area contributed by atoms with Crippen molar-refractivity contribution in [1.82, 2.24) is 9.80 Å². The van der Waals surface area contributed by atoms with Gasteiger partial charge in [-0.05, 0) is 83.2 Å². The molecule has 1 heterocycles. The molecule has 1 amide bonds. The number of halogens is 3. The highest BCUT2D eigenvalue weighted by atomic mass is 19.4. The predicted molar refractivity (Wildman–Crippen MR) is 128 cm³/mol. The number of carbonyl (C=O) groups excluding carboxylic acids is 1. The van der Waals surface area contributed by atoms with Crippen LogP contribution in [-0.4, -0.2) is 67.6 Å². The molecule has 0 saturated carbocycles. The van der Waals surface area contributed by atoms with Crippen molar-refractivity contribution in [3.8, 4) is 5.75 Å². The van der Waals surface area contributed by atoms with Gasteiger partial charge in [0.15, 0.2) is 0 Å². The van der Waals surface area contributed by atoms with Crippen molar-refractivity contribution < 1.29 is 22.7 Å². The Morgan fingerprint density at radius 3 is 2.44 bits per heavy atom. The highest BCUT2D eigenvalue weighted by molar-refractivity contribution is 6.17. The van der Waals surface area contributed by atoms with Gasteiger partial charge in [0.2, 0.25) is 0 Å². The molecule has 1 saturated heterocycles. The van der Waals surface area contributed by atoms with Gasteiger partial charge in [0.1, 0.15) is 5.75 Å². The van der Waals surface area contributed by atoms with Crippen molar-refractivity contribution >= 4 is 17.3 Å². The minimum Gasteiger partial charge on any atom is -0.406 e. The molecule has 184 valence electrons. The Kier molecular flexibility index (Phi) is 8.19. The number of benzene rings is 1. The van der Waals surface area contributed by atoms with Gasteiger partial charge in [-0.2, -0.15) is 0 Å². The van der Waals surface area contributed by atoms with Crippen LogP contribution in [0.3, 0.4) is 0 Å². The Balaban J connectivity index is 1.74. The highest BCUT2D eigenvalue weighted by Crippen LogP contribution is 2.26. The van der Waals surface area contributed by atoms with Crippen LogP contribution in [-0.2, 0) is 4.79 Å². The summed E-state index contributed by atoms with van der Waals surface area (Å²) >= 11 is 0. The SMILES string of the molecule is CC/N=C1/C=C(C(=O)N(C)C2CCN(C)CC2)C=C/C1=C(/C)Nc1ccc(OC(F)(F)F)cc1. The number of carbonyl (C=O) groups is 1. The number of amides is 1. The molecule has 0 radical (unpaired) electrons. The van der Waals surface area contributed by atoms with Crippen LogP contribution in [0.5, 0.6) is 5.75 Å². The Morgan fingerprint density at radius 1 is 1.21 bits per heavy atom. The maximum absolute atomic E-state index is 13.1. The fourth-order valence-corrected chi connectivity index (χ4v) is 4.06. The third-order valence-electron chi connectivity index (χ3n) is 5.95. The van der Waals surface area contributed by atoms with E-state index in [0.29, 0.717) is 23.5 Å². The minimum atomic E-state index is -4.73. The first-order chi connectivity index (χ1) is 16.1. The zero-order valence-electron chi connectivity index (χ0n) is 19.9. The number of likely N-dealkylation sites (tertiary alicyclic amines) is 1. The number of piperidine rings is 1. The first kappa shape index (κ1) is 25.6. The van der Waals surface area contributed by atoms with Crippen LogP contribution in [0.25, 0.3) is 0 Å². The summed E-state index contributed by atoms with van der Waals surface area (Å²) in [5.41, 5.74) is 3.46. The van der Waals surface area contributed by atoms with Crippen LogP contribution in [0.1, 0.15) is 26.7 Å². The summed E-state index contributed by atoms with van der Waals surface area (Å²) < 4.78 is 41.0. The van der Waals surface area contributed by atoms with E-state index in [1.807, 2.05) is 31.9 Å². The lowest BCUT2D eigenvalue weighted by molar-refractivity contribution is -0.274. The Morgan fingerprint density at radius 2 is 1.85 bits per heavy atom. The fourth-order valence-electron chi connectivity index (χ4n) is 4.06. The second-order valence-electron chi connectivity index (χ2n) is 8.48. The molecule has 1 aliphatic heterocycles. The molecule has 0 atom stereocenters. The lowest BCUT2D eigenvalue weighted by atomic mass is 9.96. The molecule has 1 aromatic carbocycles. The normalized spacial score (nSPS) is 20.2. The van der Waals surface area contributed by atoms with E-state index in [1.54, 1.807) is 12.2 Å². The van der Waals surface area contributed by atoms with Gasteiger partial charge < -0.3 is 19.9 Å². The summed E-state index contributed by atoms with van der Waals surface area (Å²) in [5.74, 6) is -0.312. The van der Waals surface area contributed by atoms with Crippen LogP contribution in [0.2, 0.25) is 0 Å². The second kappa shape index (κ2) is 10.9. The van der Waals surface area contributed by atoms with Crippen molar-refractivity contribution in [3.63, 3.8) is 0 Å². The summed E-state index contributed by atoms with van der Waals surface area (Å²) in [6, 6.07) is 5.74. The molecule has 0 spiro atoms. The van der Waals surface area contributed by atoms with E-state index < -0.39 is 6.36 Å². The molecule has 34 heavy (non-hydrogen) atoms. The standard InChI is InChI=1S/C25H31F3N4O2/c1-5-29-23-16-18(24(33)32(4)20-12-14-31(3)15-13-20)6-11-22(23)17(2)30-19-7-9-21(10-8-19)34-25(26,27)28/h6-11,16,20,30H,5,12-15H2,1-4H3/b22-17+,29-23-. The van der Waals surface area contributed by atoms with Gasteiger partial charge in [-0.15, -0.1) is 13.2 Å². The molecule has 1 aliphatic carbocycles. The van der Waals surface area contributed by atoms with Gasteiger partial charge >= 0.3 is 6.36 Å². The van der Waals surface area contributed by atoms with Gasteiger partial charge in [-0.1, -0.05) is 6.08 Å². The number of alkyl halides is 3. The molecule has 1 aromatic rings. The molecule has 0 bridgehead atoms. The van der Waals surface area contributed by atoms with E-state index in [0.717, 1.165) is 37.2 Å². The number of anilines is 1. The number of ether oxygens (including phenoxy) is 1. The Labute approximate surface area is 198 Å². The quantitative estimate of drug-likeness (QED) is 0.642. The fraction of sp³-hybridized carbons (Fsp3) is 0.440. The minimum absolute atomic E-state index is 0.0282. The average Bonchev–Trinajstić information content (AvgIpc) is 2.79. The van der Waals surface area contributed by atoms with E-state index in [1.165, 1.54) is 24.3 Å². The molecule has 9 heteroatoms. The third kappa shape index (κ3) is 6.72. The van der Waals surface area contributed by atoms with Gasteiger partial charge in [0.25, 0.3) is 5.91 Å². The first-order valence-corrected chi connectivity index (χ1v) is 11.3. The first-order valence-electron chi connectivity index (χ1n) is 11.3. The number of allylic oxidation sites excluding steroid dienone is 4. The van der Waals surface area contributed by atoms with Crippen molar-refractivity contribution in [3.05, 3.63) is 59.3 Å². The van der Waals surface area contributed by atoms with Crippen molar-refractivity contribution in [2.75, 3.05) is 39.0 Å². The lowest BCUT2D eigenvalue weighted by Crippen LogP contribution is -2.45. The van der Waals surface area contributed by atoms with Gasteiger partial charge in [0, 0.05) is 42.2 Å². The summed E-state index contributed by atoms with van der Waals surface area (Å²) in [7, 11) is 3.95. The number of likely N-dealkylation sites (N-methyl/N-ethyl adjacent to an activating group) is 1. The Hall–Kier alpha value is -3.07. The largest absolute Gasteiger partial charge is 0.573 e. The number of nitrogens with one attached hydrogen (secondary N) is 1. The molecule has 3 rings (SSSR count). The van der Waals surface area contributed by atoms with Crippen LogP contribution >= 0.6 is 0 Å². The average molecular weight is 477 g/mol. The highest BCUT2D eigenvalue weighted by Gasteiger charge is 2.31. The lowest BCUT2D eigenvalue weighted by Gasteiger charge is -2.35. The maximum atomic E-state index is 13.1. The number of aliphatic imine (C=N–C) groups is 1. The molecule has 0 unspecified atom stereocenters. The molecule has 1 fully saturated rings. The number of rotatable bonds is 6. The maximum Gasteiger partial charge on any atom is 0.573 e. The number of nitrogens with zero attached hydrogens (tertiary/aromatic N) is 3. The number of hydrogen-bond acceptors (Lipinski definition) is 5. The molecular weight excluding hydrogens is 445 g/mol. The van der Waals surface area contributed by atoms with Gasteiger partial charge in [-0.25, -0.2) is 0 Å². The van der Waals surface area contributed by atoms with E-state index in [-0.39, 0.29) is 17.7 Å².